The number of nitrogens with one attached hydrogen (secondary N) is 1. The summed E-state index contributed by atoms with van der Waals surface area (Å²) in [7, 11) is 0. The van der Waals surface area contributed by atoms with Crippen molar-refractivity contribution in [3.8, 4) is 5.69 Å². The van der Waals surface area contributed by atoms with Gasteiger partial charge in [-0.25, -0.2) is 4.79 Å². The monoisotopic (exact) mass is 516 g/mol. The maximum absolute atomic E-state index is 11.7. The molecule has 6 nitrogen and oxygen atoms in total. The predicted molar refractivity (Wildman–Crippen MR) is 146 cm³/mol. The summed E-state index contributed by atoms with van der Waals surface area (Å²) in [6.45, 7) is 6.08. The molecule has 8 heteroatoms. The molecule has 3 heterocycles. The van der Waals surface area contributed by atoms with Gasteiger partial charge in [0, 0.05) is 34.0 Å². The van der Waals surface area contributed by atoms with Crippen molar-refractivity contribution < 1.29 is 9.90 Å². The van der Waals surface area contributed by atoms with Gasteiger partial charge in [0.05, 0.1) is 23.3 Å². The zero-order valence-corrected chi connectivity index (χ0v) is 21.6. The number of rotatable bonds is 5. The van der Waals surface area contributed by atoms with Crippen molar-refractivity contribution in [2.45, 2.75) is 32.9 Å². The number of thiocarbonyl (C=S) groups is 1. The summed E-state index contributed by atoms with van der Waals surface area (Å²) in [6, 6.07) is 20.5. The maximum Gasteiger partial charge on any atom is 0.335 e. The highest BCUT2D eigenvalue weighted by Gasteiger charge is 2.42. The van der Waals surface area contributed by atoms with Gasteiger partial charge in [-0.3, -0.25) is 4.98 Å². The Bertz CT molecular complexity index is 1470. The number of aromatic nitrogens is 2. The number of aromatic carboxylic acids is 1. The van der Waals surface area contributed by atoms with Crippen LogP contribution in [0.4, 0.5) is 5.69 Å². The summed E-state index contributed by atoms with van der Waals surface area (Å²) in [5.41, 5.74) is 6.98. The molecule has 0 radical (unpaired) electrons. The molecular formula is C28H25ClN4O2S. The van der Waals surface area contributed by atoms with Crippen LogP contribution >= 0.6 is 23.8 Å². The van der Waals surface area contributed by atoms with Crippen LogP contribution < -0.4 is 10.2 Å². The molecule has 5 rings (SSSR count). The van der Waals surface area contributed by atoms with Crippen molar-refractivity contribution >= 4 is 40.6 Å². The Hall–Kier alpha value is -3.68. The first kappa shape index (κ1) is 24.0. The zero-order valence-electron chi connectivity index (χ0n) is 20.1. The van der Waals surface area contributed by atoms with Crippen molar-refractivity contribution in [3.05, 3.63) is 112 Å². The van der Waals surface area contributed by atoms with Gasteiger partial charge < -0.3 is 19.9 Å². The second kappa shape index (κ2) is 9.41. The summed E-state index contributed by atoms with van der Waals surface area (Å²) in [5.74, 6) is -0.951. The van der Waals surface area contributed by atoms with Gasteiger partial charge in [0.1, 0.15) is 0 Å². The first-order valence-electron chi connectivity index (χ1n) is 11.6. The summed E-state index contributed by atoms with van der Waals surface area (Å²) in [6.07, 6.45) is 1.78. The van der Waals surface area contributed by atoms with Crippen LogP contribution in [0.5, 0.6) is 0 Å². The van der Waals surface area contributed by atoms with Gasteiger partial charge >= 0.3 is 5.97 Å². The second-order valence-electron chi connectivity index (χ2n) is 8.94. The minimum Gasteiger partial charge on any atom is -0.478 e. The number of nitrogens with zero attached hydrogens (tertiary/aromatic N) is 3. The van der Waals surface area contributed by atoms with Crippen molar-refractivity contribution in [2.75, 3.05) is 4.90 Å². The third-order valence-corrected chi connectivity index (χ3v) is 7.26. The zero-order chi connectivity index (χ0) is 25.6. The molecule has 36 heavy (non-hydrogen) atoms. The van der Waals surface area contributed by atoms with Gasteiger partial charge in [-0.2, -0.15) is 0 Å². The lowest BCUT2D eigenvalue weighted by Gasteiger charge is -2.28. The molecule has 1 fully saturated rings. The van der Waals surface area contributed by atoms with Crippen molar-refractivity contribution in [1.82, 2.24) is 14.9 Å². The van der Waals surface area contributed by atoms with E-state index in [0.717, 1.165) is 39.6 Å². The van der Waals surface area contributed by atoms with E-state index < -0.39 is 5.97 Å². The minimum absolute atomic E-state index is 0.184. The Morgan fingerprint density at radius 1 is 1.06 bits per heavy atom. The van der Waals surface area contributed by atoms with Gasteiger partial charge in [-0.15, -0.1) is 0 Å². The second-order valence-corrected chi connectivity index (χ2v) is 9.76. The number of carboxylic acid groups (broad SMARTS) is 1. The van der Waals surface area contributed by atoms with Crippen LogP contribution in [0.15, 0.2) is 72.9 Å². The highest BCUT2D eigenvalue weighted by atomic mass is 35.5. The standard InChI is InChI=1S/C28H25ClN4O2S/c1-16-7-8-19(27(34)35)15-24(16)32-17(2)14-22(18(32)3)26-25(23-6-4-5-13-30-23)31-28(36)33(26)21-11-9-20(29)10-12-21/h4-15,25-26H,1-3H3,(H,31,36)(H,34,35). The number of aryl methyl sites for hydroxylation is 2. The summed E-state index contributed by atoms with van der Waals surface area (Å²) < 4.78 is 2.12. The largest absolute Gasteiger partial charge is 0.478 e. The van der Waals surface area contributed by atoms with Crippen LogP contribution in [0.3, 0.4) is 0 Å². The number of benzene rings is 2. The summed E-state index contributed by atoms with van der Waals surface area (Å²) in [4.78, 5) is 18.4. The Balaban J connectivity index is 1.69. The lowest BCUT2D eigenvalue weighted by atomic mass is 9.96. The molecule has 0 bridgehead atoms. The van der Waals surface area contributed by atoms with E-state index in [0.29, 0.717) is 10.1 Å². The summed E-state index contributed by atoms with van der Waals surface area (Å²) in [5, 5.41) is 14.3. The Morgan fingerprint density at radius 2 is 1.81 bits per heavy atom. The molecule has 0 saturated carbocycles. The predicted octanol–water partition coefficient (Wildman–Crippen LogP) is 6.33. The molecule has 2 atom stereocenters. The van der Waals surface area contributed by atoms with Crippen LogP contribution in [0.2, 0.25) is 5.02 Å². The Kier molecular flexibility index (Phi) is 6.28. The van der Waals surface area contributed by atoms with Gasteiger partial charge in [0.2, 0.25) is 0 Å². The average Bonchev–Trinajstić information content (AvgIpc) is 3.35. The molecule has 2 unspecified atom stereocenters. The molecule has 1 aliphatic rings. The fourth-order valence-corrected chi connectivity index (χ4v) is 5.46. The molecule has 0 amide bonds. The van der Waals surface area contributed by atoms with Crippen molar-refractivity contribution in [1.29, 1.82) is 0 Å². The smallest absolute Gasteiger partial charge is 0.335 e. The van der Waals surface area contributed by atoms with E-state index in [1.54, 1.807) is 18.3 Å². The molecule has 2 aromatic carbocycles. The fourth-order valence-electron chi connectivity index (χ4n) is 4.99. The van der Waals surface area contributed by atoms with Crippen LogP contribution in [-0.2, 0) is 0 Å². The quantitative estimate of drug-likeness (QED) is 0.302. The molecular weight excluding hydrogens is 492 g/mol. The van der Waals surface area contributed by atoms with E-state index in [-0.39, 0.29) is 17.6 Å². The molecule has 4 aromatic rings. The van der Waals surface area contributed by atoms with Crippen LogP contribution in [0, 0.1) is 20.8 Å². The van der Waals surface area contributed by atoms with E-state index in [9.17, 15) is 9.90 Å². The molecule has 182 valence electrons. The van der Waals surface area contributed by atoms with E-state index in [1.165, 1.54) is 0 Å². The average molecular weight is 517 g/mol. The molecule has 0 aliphatic carbocycles. The van der Waals surface area contributed by atoms with E-state index in [4.69, 9.17) is 23.8 Å². The highest BCUT2D eigenvalue weighted by Crippen LogP contribution is 2.44. The lowest BCUT2D eigenvalue weighted by molar-refractivity contribution is 0.0697. The van der Waals surface area contributed by atoms with Gasteiger partial charge in [0.15, 0.2) is 5.11 Å². The van der Waals surface area contributed by atoms with Crippen molar-refractivity contribution in [2.24, 2.45) is 0 Å². The Morgan fingerprint density at radius 3 is 2.47 bits per heavy atom. The number of carbonyl (C=O) groups is 1. The SMILES string of the molecule is Cc1ccc(C(=O)O)cc1-n1c(C)cc(C2C(c3ccccn3)NC(=S)N2c2ccc(Cl)cc2)c1C. The van der Waals surface area contributed by atoms with E-state index in [2.05, 4.69) is 32.8 Å². The van der Waals surface area contributed by atoms with Crippen LogP contribution in [-0.4, -0.2) is 25.7 Å². The number of anilines is 1. The number of hydrogen-bond acceptors (Lipinski definition) is 3. The fraction of sp³-hybridized carbons (Fsp3) is 0.179. The molecule has 1 saturated heterocycles. The number of halogens is 1. The third-order valence-electron chi connectivity index (χ3n) is 6.69. The maximum atomic E-state index is 11.7. The van der Waals surface area contributed by atoms with Crippen LogP contribution in [0.25, 0.3) is 5.69 Å². The van der Waals surface area contributed by atoms with Crippen molar-refractivity contribution in [3.63, 3.8) is 0 Å². The van der Waals surface area contributed by atoms with Gasteiger partial charge in [0.25, 0.3) is 0 Å². The number of carboxylic acids is 1. The van der Waals surface area contributed by atoms with E-state index in [1.807, 2.05) is 62.4 Å². The lowest BCUT2D eigenvalue weighted by Crippen LogP contribution is -2.29. The third kappa shape index (κ3) is 4.14. The normalized spacial score (nSPS) is 17.3. The van der Waals surface area contributed by atoms with Crippen LogP contribution in [0.1, 0.15) is 50.7 Å². The topological polar surface area (TPSA) is 70.4 Å². The minimum atomic E-state index is -0.951. The Labute approximate surface area is 220 Å². The first-order chi connectivity index (χ1) is 17.3. The van der Waals surface area contributed by atoms with E-state index >= 15 is 0 Å². The molecule has 2 aromatic heterocycles. The number of hydrogen-bond donors (Lipinski definition) is 2. The summed E-state index contributed by atoms with van der Waals surface area (Å²) >= 11 is 12.0. The first-order valence-corrected chi connectivity index (χ1v) is 12.3. The molecule has 2 N–H and O–H groups in total. The van der Waals surface area contributed by atoms with Gasteiger partial charge in [-0.05, 0) is 98.7 Å². The highest BCUT2D eigenvalue weighted by molar-refractivity contribution is 7.80. The van der Waals surface area contributed by atoms with Gasteiger partial charge in [-0.1, -0.05) is 23.7 Å². The molecule has 0 spiro atoms. The number of pyridine rings is 1. The molecule has 1 aliphatic heterocycles.